The van der Waals surface area contributed by atoms with Crippen LogP contribution in [-0.2, 0) is 16.0 Å². The van der Waals surface area contributed by atoms with Gasteiger partial charge in [0.15, 0.2) is 0 Å². The van der Waals surface area contributed by atoms with Gasteiger partial charge >= 0.3 is 0 Å². The summed E-state index contributed by atoms with van der Waals surface area (Å²) in [6, 6.07) is 0.00935. The average Bonchev–Trinajstić information content (AvgIpc) is 3.04. The second kappa shape index (κ2) is 7.03. The molecular weight excluding hydrogens is 242 g/mol. The molecule has 19 heavy (non-hydrogen) atoms. The van der Waals surface area contributed by atoms with Gasteiger partial charge in [-0.15, -0.1) is 0 Å². The third-order valence-corrected chi connectivity index (χ3v) is 3.49. The van der Waals surface area contributed by atoms with Crippen molar-refractivity contribution in [3.05, 3.63) is 18.2 Å². The summed E-state index contributed by atoms with van der Waals surface area (Å²) < 4.78 is 13.1. The van der Waals surface area contributed by atoms with E-state index in [1.807, 2.05) is 12.5 Å². The molecule has 0 spiro atoms. The standard InChI is InChI=1S/C14H25N3O2/c1-11(2)8-19-6-4-17-10-16-7-13(17)14(15)12-3-5-18-9-12/h7,10-12,14H,3-6,8-9,15H2,1-2H3. The van der Waals surface area contributed by atoms with Crippen molar-refractivity contribution in [1.82, 2.24) is 9.55 Å². The summed E-state index contributed by atoms with van der Waals surface area (Å²) in [6.45, 7) is 8.20. The Kier molecular flexibility index (Phi) is 5.36. The SMILES string of the molecule is CC(C)COCCn1cncc1C(N)C1CCOC1. The van der Waals surface area contributed by atoms with Crippen LogP contribution in [0.1, 0.15) is 32.0 Å². The highest BCUT2D eigenvalue weighted by atomic mass is 16.5. The number of ether oxygens (including phenoxy) is 2. The van der Waals surface area contributed by atoms with Gasteiger partial charge in [-0.05, 0) is 12.3 Å². The molecule has 1 aromatic rings. The number of hydrogen-bond acceptors (Lipinski definition) is 4. The number of nitrogens with two attached hydrogens (primary N) is 1. The first-order chi connectivity index (χ1) is 9.18. The van der Waals surface area contributed by atoms with E-state index in [0.717, 1.165) is 38.5 Å². The molecule has 0 aliphatic carbocycles. The van der Waals surface area contributed by atoms with Gasteiger partial charge in [-0.2, -0.15) is 0 Å². The Labute approximate surface area is 115 Å². The Bertz CT molecular complexity index is 373. The summed E-state index contributed by atoms with van der Waals surface area (Å²) in [5, 5.41) is 0. The van der Waals surface area contributed by atoms with E-state index in [2.05, 4.69) is 23.4 Å². The van der Waals surface area contributed by atoms with E-state index < -0.39 is 0 Å². The van der Waals surface area contributed by atoms with Gasteiger partial charge in [-0.25, -0.2) is 4.98 Å². The predicted octanol–water partition coefficient (Wildman–Crippen LogP) is 1.59. The van der Waals surface area contributed by atoms with Crippen molar-refractivity contribution < 1.29 is 9.47 Å². The van der Waals surface area contributed by atoms with Gasteiger partial charge in [-0.1, -0.05) is 13.8 Å². The third-order valence-electron chi connectivity index (χ3n) is 3.49. The predicted molar refractivity (Wildman–Crippen MR) is 73.7 cm³/mol. The molecule has 2 N–H and O–H groups in total. The molecule has 1 aromatic heterocycles. The maximum Gasteiger partial charge on any atom is 0.0949 e. The lowest BCUT2D eigenvalue weighted by atomic mass is 9.97. The lowest BCUT2D eigenvalue weighted by molar-refractivity contribution is 0.102. The number of rotatable bonds is 7. The highest BCUT2D eigenvalue weighted by Crippen LogP contribution is 2.26. The van der Waals surface area contributed by atoms with Crippen molar-refractivity contribution in [1.29, 1.82) is 0 Å². The van der Waals surface area contributed by atoms with Crippen LogP contribution in [0.15, 0.2) is 12.5 Å². The molecular formula is C14H25N3O2. The van der Waals surface area contributed by atoms with Crippen LogP contribution in [0.3, 0.4) is 0 Å². The maximum atomic E-state index is 6.32. The van der Waals surface area contributed by atoms with Crippen molar-refractivity contribution in [3.8, 4) is 0 Å². The largest absolute Gasteiger partial charge is 0.381 e. The molecule has 1 fully saturated rings. The monoisotopic (exact) mass is 267 g/mol. The Morgan fingerprint density at radius 1 is 1.58 bits per heavy atom. The van der Waals surface area contributed by atoms with Crippen LogP contribution in [0.5, 0.6) is 0 Å². The van der Waals surface area contributed by atoms with Crippen molar-refractivity contribution in [3.63, 3.8) is 0 Å². The molecule has 5 heteroatoms. The van der Waals surface area contributed by atoms with Gasteiger partial charge in [-0.3, -0.25) is 0 Å². The molecule has 5 nitrogen and oxygen atoms in total. The van der Waals surface area contributed by atoms with Crippen LogP contribution in [0.2, 0.25) is 0 Å². The van der Waals surface area contributed by atoms with Gasteiger partial charge in [0.1, 0.15) is 0 Å². The van der Waals surface area contributed by atoms with Gasteiger partial charge in [0, 0.05) is 31.9 Å². The minimum absolute atomic E-state index is 0.00935. The Hall–Kier alpha value is -0.910. The molecule has 2 heterocycles. The molecule has 0 bridgehead atoms. The maximum absolute atomic E-state index is 6.32. The smallest absolute Gasteiger partial charge is 0.0949 e. The zero-order valence-corrected chi connectivity index (χ0v) is 11.9. The fraction of sp³-hybridized carbons (Fsp3) is 0.786. The minimum Gasteiger partial charge on any atom is -0.381 e. The zero-order valence-electron chi connectivity index (χ0n) is 11.9. The van der Waals surface area contributed by atoms with E-state index in [4.69, 9.17) is 15.2 Å². The van der Waals surface area contributed by atoms with Crippen LogP contribution < -0.4 is 5.73 Å². The summed E-state index contributed by atoms with van der Waals surface area (Å²) in [5.41, 5.74) is 7.40. The molecule has 0 aromatic carbocycles. The van der Waals surface area contributed by atoms with E-state index in [-0.39, 0.29) is 6.04 Å². The van der Waals surface area contributed by atoms with Crippen LogP contribution in [0, 0.1) is 11.8 Å². The second-order valence-corrected chi connectivity index (χ2v) is 5.63. The van der Waals surface area contributed by atoms with Crippen molar-refractivity contribution in [2.75, 3.05) is 26.4 Å². The Morgan fingerprint density at radius 2 is 2.42 bits per heavy atom. The van der Waals surface area contributed by atoms with Gasteiger partial charge < -0.3 is 19.8 Å². The van der Waals surface area contributed by atoms with Gasteiger partial charge in [0.2, 0.25) is 0 Å². The van der Waals surface area contributed by atoms with Crippen molar-refractivity contribution in [2.45, 2.75) is 32.9 Å². The molecule has 2 atom stereocenters. The van der Waals surface area contributed by atoms with Crippen LogP contribution in [-0.4, -0.2) is 36.0 Å². The van der Waals surface area contributed by atoms with E-state index in [1.165, 1.54) is 0 Å². The van der Waals surface area contributed by atoms with Crippen LogP contribution in [0.4, 0.5) is 0 Å². The Balaban J connectivity index is 1.86. The quantitative estimate of drug-likeness (QED) is 0.762. The summed E-state index contributed by atoms with van der Waals surface area (Å²) in [5.74, 6) is 0.979. The number of imidazole rings is 1. The van der Waals surface area contributed by atoms with E-state index in [9.17, 15) is 0 Å². The summed E-state index contributed by atoms with van der Waals surface area (Å²) in [6.07, 6.45) is 4.74. The van der Waals surface area contributed by atoms with Crippen LogP contribution in [0.25, 0.3) is 0 Å². The zero-order chi connectivity index (χ0) is 13.7. The second-order valence-electron chi connectivity index (χ2n) is 5.63. The molecule has 1 aliphatic rings. The summed E-state index contributed by atoms with van der Waals surface area (Å²) in [7, 11) is 0. The third kappa shape index (κ3) is 4.03. The average molecular weight is 267 g/mol. The first-order valence-electron chi connectivity index (χ1n) is 7.09. The molecule has 0 radical (unpaired) electrons. The molecule has 1 aliphatic heterocycles. The topological polar surface area (TPSA) is 62.3 Å². The Morgan fingerprint density at radius 3 is 3.11 bits per heavy atom. The molecule has 2 rings (SSSR count). The number of aromatic nitrogens is 2. The van der Waals surface area contributed by atoms with Gasteiger partial charge in [0.25, 0.3) is 0 Å². The minimum atomic E-state index is 0.00935. The fourth-order valence-electron chi connectivity index (χ4n) is 2.35. The summed E-state index contributed by atoms with van der Waals surface area (Å²) >= 11 is 0. The highest BCUT2D eigenvalue weighted by molar-refractivity contribution is 5.07. The fourth-order valence-corrected chi connectivity index (χ4v) is 2.35. The normalized spacial score (nSPS) is 21.2. The van der Waals surface area contributed by atoms with E-state index in [0.29, 0.717) is 18.4 Å². The molecule has 108 valence electrons. The highest BCUT2D eigenvalue weighted by Gasteiger charge is 2.26. The lowest BCUT2D eigenvalue weighted by Crippen LogP contribution is -2.25. The lowest BCUT2D eigenvalue weighted by Gasteiger charge is -2.19. The first-order valence-corrected chi connectivity index (χ1v) is 7.09. The molecule has 1 saturated heterocycles. The van der Waals surface area contributed by atoms with E-state index in [1.54, 1.807) is 0 Å². The molecule has 0 saturated carbocycles. The van der Waals surface area contributed by atoms with Gasteiger partial charge in [0.05, 0.1) is 31.3 Å². The van der Waals surface area contributed by atoms with Crippen LogP contribution >= 0.6 is 0 Å². The summed E-state index contributed by atoms with van der Waals surface area (Å²) in [4.78, 5) is 4.22. The molecule has 0 amide bonds. The number of hydrogen-bond donors (Lipinski definition) is 1. The molecule has 2 unspecified atom stereocenters. The van der Waals surface area contributed by atoms with Crippen molar-refractivity contribution >= 4 is 0 Å². The van der Waals surface area contributed by atoms with Crippen molar-refractivity contribution in [2.24, 2.45) is 17.6 Å². The number of nitrogens with zero attached hydrogens (tertiary/aromatic N) is 2. The first kappa shape index (κ1) is 14.5. The van der Waals surface area contributed by atoms with E-state index >= 15 is 0 Å².